The molecule has 9 N–H and O–H groups in total. The number of hydrogen-bond acceptors (Lipinski definition) is 8. The van der Waals surface area contributed by atoms with Crippen LogP contribution in [0.15, 0.2) is 0 Å². The van der Waals surface area contributed by atoms with Crippen LogP contribution in [0, 0.1) is 5.92 Å². The summed E-state index contributed by atoms with van der Waals surface area (Å²) in [7, 11) is 0. The third kappa shape index (κ3) is 7.98. The molecule has 1 heterocycles. The van der Waals surface area contributed by atoms with E-state index in [4.69, 9.17) is 11.5 Å². The Bertz CT molecular complexity index is 594. The molecule has 30 heavy (non-hydrogen) atoms. The summed E-state index contributed by atoms with van der Waals surface area (Å²) in [6.45, 7) is 4.42. The van der Waals surface area contributed by atoms with E-state index in [0.29, 0.717) is 6.54 Å². The van der Waals surface area contributed by atoms with Gasteiger partial charge in [0.15, 0.2) is 5.78 Å². The molecule has 0 aromatic rings. The van der Waals surface area contributed by atoms with Gasteiger partial charge in [-0.15, -0.1) is 0 Å². The van der Waals surface area contributed by atoms with Crippen LogP contribution in [0.1, 0.15) is 39.5 Å². The highest BCUT2D eigenvalue weighted by Crippen LogP contribution is 2.10. The molecule has 0 bridgehead atoms. The number of carbonyl (C=O) groups excluding carboxylic acids is 4. The molecule has 11 heteroatoms. The van der Waals surface area contributed by atoms with E-state index in [-0.39, 0.29) is 43.5 Å². The number of hydrogen-bond donors (Lipinski definition) is 7. The first-order valence-corrected chi connectivity index (χ1v) is 10.5. The number of amides is 3. The molecule has 0 aliphatic carbocycles. The van der Waals surface area contributed by atoms with Gasteiger partial charge in [-0.25, -0.2) is 0 Å². The normalized spacial score (nSPS) is 20.4. The quantitative estimate of drug-likeness (QED) is 0.172. The standard InChI is InChI=1S/C19H36N6O5/c1-3-15(27)14(9-21)24-19(30)16(11(2)26)25-18(29)13(6-7-20)23-17(28)12-5-4-8-22-10-12/h11-14,16,22,26H,3-10,20-21H2,1-2H3,(H,23,28)(H,24,30)(H,25,29)/t11?,12-,13-,14-,16-/m0/s1. The van der Waals surface area contributed by atoms with Crippen molar-refractivity contribution in [2.45, 2.75) is 63.8 Å². The molecule has 1 saturated heterocycles. The molecular formula is C19H36N6O5. The Morgan fingerprint density at radius 2 is 1.80 bits per heavy atom. The number of nitrogens with one attached hydrogen (secondary N) is 4. The lowest BCUT2D eigenvalue weighted by molar-refractivity contribution is -0.136. The highest BCUT2D eigenvalue weighted by molar-refractivity contribution is 5.95. The third-order valence-electron chi connectivity index (χ3n) is 5.11. The number of Topliss-reactive ketones (excluding diaryl/α,β-unsaturated/α-hetero) is 1. The fourth-order valence-corrected chi connectivity index (χ4v) is 3.24. The smallest absolute Gasteiger partial charge is 0.245 e. The van der Waals surface area contributed by atoms with Crippen LogP contribution in [0.3, 0.4) is 0 Å². The summed E-state index contributed by atoms with van der Waals surface area (Å²) in [6, 6.07) is -3.16. The molecule has 1 aliphatic rings. The number of piperidine rings is 1. The van der Waals surface area contributed by atoms with Gasteiger partial charge in [-0.1, -0.05) is 6.92 Å². The van der Waals surface area contributed by atoms with Crippen LogP contribution in [0.5, 0.6) is 0 Å². The van der Waals surface area contributed by atoms with E-state index in [9.17, 15) is 24.3 Å². The molecule has 0 saturated carbocycles. The van der Waals surface area contributed by atoms with E-state index in [2.05, 4.69) is 21.3 Å². The van der Waals surface area contributed by atoms with Crippen molar-refractivity contribution in [3.63, 3.8) is 0 Å². The predicted molar refractivity (Wildman–Crippen MR) is 111 cm³/mol. The van der Waals surface area contributed by atoms with Gasteiger partial charge in [-0.2, -0.15) is 0 Å². The highest BCUT2D eigenvalue weighted by atomic mass is 16.3. The minimum absolute atomic E-state index is 0.0971. The lowest BCUT2D eigenvalue weighted by Crippen LogP contribution is -2.60. The number of carbonyl (C=O) groups is 4. The monoisotopic (exact) mass is 428 g/mol. The molecule has 1 aliphatic heterocycles. The molecule has 3 amide bonds. The summed E-state index contributed by atoms with van der Waals surface area (Å²) in [4.78, 5) is 49.6. The summed E-state index contributed by atoms with van der Waals surface area (Å²) in [6.07, 6.45) is 0.719. The maximum atomic E-state index is 12.7. The van der Waals surface area contributed by atoms with Crippen molar-refractivity contribution in [1.82, 2.24) is 21.3 Å². The zero-order chi connectivity index (χ0) is 22.7. The SMILES string of the molecule is CCC(=O)[C@H](CN)NC(=O)[C@@H](NC(=O)[C@H](CCN)NC(=O)[C@H]1CCCNC1)C(C)O. The van der Waals surface area contributed by atoms with E-state index >= 15 is 0 Å². The second kappa shape index (κ2) is 13.3. The number of ketones is 1. The number of aliphatic hydroxyl groups is 1. The van der Waals surface area contributed by atoms with Crippen LogP contribution in [0.2, 0.25) is 0 Å². The van der Waals surface area contributed by atoms with Gasteiger partial charge in [0.25, 0.3) is 0 Å². The molecule has 0 radical (unpaired) electrons. The maximum Gasteiger partial charge on any atom is 0.245 e. The summed E-state index contributed by atoms with van der Waals surface area (Å²) in [5.74, 6) is -2.12. The van der Waals surface area contributed by atoms with E-state index in [1.807, 2.05) is 0 Å². The lowest BCUT2D eigenvalue weighted by Gasteiger charge is -2.28. The van der Waals surface area contributed by atoms with Gasteiger partial charge in [0, 0.05) is 19.5 Å². The molecule has 0 aromatic carbocycles. The van der Waals surface area contributed by atoms with Crippen LogP contribution in [0.25, 0.3) is 0 Å². The summed E-state index contributed by atoms with van der Waals surface area (Å²) >= 11 is 0. The van der Waals surface area contributed by atoms with Crippen LogP contribution in [-0.4, -0.2) is 79.0 Å². The average Bonchev–Trinajstić information content (AvgIpc) is 2.74. The molecule has 0 aromatic heterocycles. The van der Waals surface area contributed by atoms with Crippen molar-refractivity contribution in [1.29, 1.82) is 0 Å². The van der Waals surface area contributed by atoms with Gasteiger partial charge < -0.3 is 37.8 Å². The molecular weight excluding hydrogens is 392 g/mol. The van der Waals surface area contributed by atoms with Crippen LogP contribution >= 0.6 is 0 Å². The molecule has 0 spiro atoms. The van der Waals surface area contributed by atoms with Gasteiger partial charge in [0.1, 0.15) is 12.1 Å². The molecule has 1 fully saturated rings. The van der Waals surface area contributed by atoms with E-state index in [0.717, 1.165) is 19.4 Å². The van der Waals surface area contributed by atoms with E-state index in [1.165, 1.54) is 6.92 Å². The Balaban J connectivity index is 2.80. The molecule has 5 atom stereocenters. The first kappa shape index (κ1) is 26.0. The topological polar surface area (TPSA) is 189 Å². The van der Waals surface area contributed by atoms with Gasteiger partial charge in [0.2, 0.25) is 17.7 Å². The maximum absolute atomic E-state index is 12.7. The lowest BCUT2D eigenvalue weighted by atomic mass is 9.98. The summed E-state index contributed by atoms with van der Waals surface area (Å²) in [5, 5.41) is 20.7. The Kier molecular flexibility index (Phi) is 11.5. The van der Waals surface area contributed by atoms with Crippen LogP contribution in [0.4, 0.5) is 0 Å². The minimum Gasteiger partial charge on any atom is -0.391 e. The molecule has 1 unspecified atom stereocenters. The minimum atomic E-state index is -1.32. The van der Waals surface area contributed by atoms with Crippen molar-refractivity contribution < 1.29 is 24.3 Å². The van der Waals surface area contributed by atoms with Crippen molar-refractivity contribution in [2.75, 3.05) is 26.2 Å². The van der Waals surface area contributed by atoms with Crippen LogP contribution < -0.4 is 32.7 Å². The zero-order valence-electron chi connectivity index (χ0n) is 17.8. The zero-order valence-corrected chi connectivity index (χ0v) is 17.8. The van der Waals surface area contributed by atoms with Crippen molar-refractivity contribution in [3.05, 3.63) is 0 Å². The Hall–Kier alpha value is -2.08. The van der Waals surface area contributed by atoms with Gasteiger partial charge >= 0.3 is 0 Å². The van der Waals surface area contributed by atoms with E-state index < -0.39 is 36.0 Å². The second-order valence-corrected chi connectivity index (χ2v) is 7.53. The van der Waals surface area contributed by atoms with Crippen molar-refractivity contribution in [2.24, 2.45) is 17.4 Å². The Labute approximate surface area is 177 Å². The summed E-state index contributed by atoms with van der Waals surface area (Å²) in [5.41, 5.74) is 11.1. The third-order valence-corrected chi connectivity index (χ3v) is 5.11. The Morgan fingerprint density at radius 1 is 1.10 bits per heavy atom. The predicted octanol–water partition coefficient (Wildman–Crippen LogP) is -2.89. The van der Waals surface area contributed by atoms with Crippen molar-refractivity contribution in [3.8, 4) is 0 Å². The second-order valence-electron chi connectivity index (χ2n) is 7.53. The van der Waals surface area contributed by atoms with Gasteiger partial charge in [0.05, 0.1) is 18.1 Å². The van der Waals surface area contributed by atoms with E-state index in [1.54, 1.807) is 6.92 Å². The average molecular weight is 429 g/mol. The highest BCUT2D eigenvalue weighted by Gasteiger charge is 2.32. The van der Waals surface area contributed by atoms with Crippen LogP contribution in [-0.2, 0) is 19.2 Å². The molecule has 1 rings (SSSR count). The first-order chi connectivity index (χ1) is 14.2. The van der Waals surface area contributed by atoms with Gasteiger partial charge in [-0.05, 0) is 39.3 Å². The summed E-state index contributed by atoms with van der Waals surface area (Å²) < 4.78 is 0. The van der Waals surface area contributed by atoms with Crippen molar-refractivity contribution >= 4 is 23.5 Å². The molecule has 172 valence electrons. The first-order valence-electron chi connectivity index (χ1n) is 10.5. The van der Waals surface area contributed by atoms with Gasteiger partial charge in [-0.3, -0.25) is 19.2 Å². The number of aliphatic hydroxyl groups excluding tert-OH is 1. The Morgan fingerprint density at radius 3 is 2.30 bits per heavy atom. The fourth-order valence-electron chi connectivity index (χ4n) is 3.24. The molecule has 11 nitrogen and oxygen atoms in total. The fraction of sp³-hybridized carbons (Fsp3) is 0.789. The number of rotatable bonds is 12. The largest absolute Gasteiger partial charge is 0.391 e. The number of nitrogens with two attached hydrogens (primary N) is 2.